The van der Waals surface area contributed by atoms with Gasteiger partial charge in [-0.25, -0.2) is 0 Å². The van der Waals surface area contributed by atoms with Crippen LogP contribution in [0.2, 0.25) is 0 Å². The second kappa shape index (κ2) is 7.82. The topological polar surface area (TPSA) is 57.6 Å². The van der Waals surface area contributed by atoms with E-state index in [1.54, 1.807) is 0 Å². The zero-order valence-electron chi connectivity index (χ0n) is 14.2. The van der Waals surface area contributed by atoms with Crippen LogP contribution < -0.4 is 0 Å². The maximum absolute atomic E-state index is 13.1. The van der Waals surface area contributed by atoms with Crippen LogP contribution in [0.25, 0.3) is 0 Å². The number of hydrogen-bond acceptors (Lipinski definition) is 2. The highest BCUT2D eigenvalue weighted by molar-refractivity contribution is 5.80. The first-order valence-corrected chi connectivity index (χ1v) is 9.19. The van der Waals surface area contributed by atoms with Crippen molar-refractivity contribution < 1.29 is 14.7 Å². The molecule has 1 aromatic carbocycles. The van der Waals surface area contributed by atoms with Crippen molar-refractivity contribution in [2.45, 2.75) is 51.5 Å². The monoisotopic (exact) mass is 329 g/mol. The summed E-state index contributed by atoms with van der Waals surface area (Å²) in [6.45, 7) is 1.46. The number of carbonyl (C=O) groups is 2. The molecule has 1 N–H and O–H groups in total. The van der Waals surface area contributed by atoms with Gasteiger partial charge in [0.25, 0.3) is 0 Å². The highest BCUT2D eigenvalue weighted by atomic mass is 16.4. The fourth-order valence-corrected chi connectivity index (χ4v) is 3.92. The number of benzene rings is 1. The van der Waals surface area contributed by atoms with Crippen LogP contribution in [0, 0.1) is 17.8 Å². The van der Waals surface area contributed by atoms with Gasteiger partial charge in [0.05, 0.1) is 5.92 Å². The quantitative estimate of drug-likeness (QED) is 0.865. The van der Waals surface area contributed by atoms with Crippen LogP contribution in [0.4, 0.5) is 0 Å². The molecule has 0 aromatic heterocycles. The van der Waals surface area contributed by atoms with E-state index in [-0.39, 0.29) is 17.7 Å². The largest absolute Gasteiger partial charge is 0.481 e. The van der Waals surface area contributed by atoms with E-state index < -0.39 is 5.97 Å². The van der Waals surface area contributed by atoms with Gasteiger partial charge >= 0.3 is 5.97 Å². The summed E-state index contributed by atoms with van der Waals surface area (Å²) in [5.41, 5.74) is 1.15. The molecule has 3 rings (SSSR count). The summed E-state index contributed by atoms with van der Waals surface area (Å²) in [6, 6.07) is 10.1. The molecular formula is C20H27NO3. The van der Waals surface area contributed by atoms with Crippen LogP contribution in [0.15, 0.2) is 30.3 Å². The summed E-state index contributed by atoms with van der Waals surface area (Å²) in [5, 5.41) is 9.28. The Morgan fingerprint density at radius 3 is 2.29 bits per heavy atom. The lowest BCUT2D eigenvalue weighted by atomic mass is 9.80. The molecule has 2 fully saturated rings. The van der Waals surface area contributed by atoms with Crippen molar-refractivity contribution >= 4 is 11.9 Å². The Balaban J connectivity index is 1.68. The minimum absolute atomic E-state index is 0.122. The van der Waals surface area contributed by atoms with Crippen molar-refractivity contribution in [2.75, 3.05) is 6.54 Å². The van der Waals surface area contributed by atoms with E-state index >= 15 is 0 Å². The third kappa shape index (κ3) is 4.16. The molecule has 0 saturated heterocycles. The Morgan fingerprint density at radius 1 is 1.00 bits per heavy atom. The molecule has 0 aliphatic heterocycles. The van der Waals surface area contributed by atoms with Crippen molar-refractivity contribution in [1.82, 2.24) is 4.90 Å². The van der Waals surface area contributed by atoms with E-state index in [1.807, 2.05) is 23.1 Å². The molecule has 2 aliphatic carbocycles. The lowest BCUT2D eigenvalue weighted by Crippen LogP contribution is -2.42. The molecule has 0 heterocycles. The molecule has 2 aliphatic rings. The molecule has 0 radical (unpaired) electrons. The van der Waals surface area contributed by atoms with Crippen LogP contribution in [0.5, 0.6) is 0 Å². The second-order valence-electron chi connectivity index (χ2n) is 7.40. The zero-order valence-corrected chi connectivity index (χ0v) is 14.2. The Bertz CT molecular complexity index is 568. The van der Waals surface area contributed by atoms with Crippen LogP contribution in [0.1, 0.15) is 50.5 Å². The number of carboxylic acids is 1. The van der Waals surface area contributed by atoms with Crippen molar-refractivity contribution in [3.05, 3.63) is 35.9 Å². The van der Waals surface area contributed by atoms with Gasteiger partial charge in [0.2, 0.25) is 5.91 Å². The summed E-state index contributed by atoms with van der Waals surface area (Å²) in [7, 11) is 0. The molecule has 1 aromatic rings. The van der Waals surface area contributed by atoms with E-state index in [1.165, 1.54) is 19.3 Å². The molecule has 2 atom stereocenters. The van der Waals surface area contributed by atoms with Gasteiger partial charge in [-0.15, -0.1) is 0 Å². The smallest absolute Gasteiger partial charge is 0.306 e. The van der Waals surface area contributed by atoms with Crippen molar-refractivity contribution in [3.8, 4) is 0 Å². The number of aliphatic carboxylic acids is 1. The molecule has 24 heavy (non-hydrogen) atoms. The fourth-order valence-electron chi connectivity index (χ4n) is 3.92. The summed E-state index contributed by atoms with van der Waals surface area (Å²) in [4.78, 5) is 26.4. The molecule has 130 valence electrons. The third-order valence-corrected chi connectivity index (χ3v) is 5.60. The molecule has 0 spiro atoms. The van der Waals surface area contributed by atoms with Crippen molar-refractivity contribution in [3.63, 3.8) is 0 Å². The van der Waals surface area contributed by atoms with Gasteiger partial charge in [-0.3, -0.25) is 9.59 Å². The minimum Gasteiger partial charge on any atom is -0.481 e. The van der Waals surface area contributed by atoms with E-state index in [0.717, 1.165) is 24.9 Å². The van der Waals surface area contributed by atoms with Gasteiger partial charge in [-0.05, 0) is 43.6 Å². The van der Waals surface area contributed by atoms with Gasteiger partial charge in [-0.1, -0.05) is 43.2 Å². The zero-order chi connectivity index (χ0) is 16.9. The van der Waals surface area contributed by atoms with Crippen LogP contribution >= 0.6 is 0 Å². The van der Waals surface area contributed by atoms with Gasteiger partial charge in [0, 0.05) is 19.0 Å². The lowest BCUT2D eigenvalue weighted by Gasteiger charge is -2.36. The maximum Gasteiger partial charge on any atom is 0.306 e. The van der Waals surface area contributed by atoms with Crippen molar-refractivity contribution in [2.24, 2.45) is 17.8 Å². The average Bonchev–Trinajstić information content (AvgIpc) is 2.57. The van der Waals surface area contributed by atoms with Gasteiger partial charge < -0.3 is 10.0 Å². The maximum atomic E-state index is 13.1. The first kappa shape index (κ1) is 17.0. The highest BCUT2D eigenvalue weighted by Crippen LogP contribution is 2.33. The van der Waals surface area contributed by atoms with Crippen molar-refractivity contribution in [1.29, 1.82) is 0 Å². The van der Waals surface area contributed by atoms with Crippen LogP contribution in [0.3, 0.4) is 0 Å². The Morgan fingerprint density at radius 2 is 1.67 bits per heavy atom. The summed E-state index contributed by atoms with van der Waals surface area (Å²) < 4.78 is 0. The standard InChI is InChI=1S/C20H27NO3/c22-19(17-10-5-11-18(12-17)20(23)24)21(14-16-8-4-9-16)13-15-6-2-1-3-7-15/h1-3,6-7,16-18H,4-5,8-14H2,(H,23,24). The number of nitrogens with zero attached hydrogens (tertiary/aromatic N) is 1. The Labute approximate surface area is 143 Å². The number of carboxylic acid groups (broad SMARTS) is 1. The van der Waals surface area contributed by atoms with Gasteiger partial charge in [0.15, 0.2) is 0 Å². The van der Waals surface area contributed by atoms with E-state index in [0.29, 0.717) is 25.3 Å². The number of amides is 1. The summed E-state index contributed by atoms with van der Waals surface area (Å²) in [5.74, 6) is -0.437. The highest BCUT2D eigenvalue weighted by Gasteiger charge is 2.34. The van der Waals surface area contributed by atoms with Crippen LogP contribution in [-0.2, 0) is 16.1 Å². The molecule has 1 amide bonds. The predicted molar refractivity (Wildman–Crippen MR) is 92.3 cm³/mol. The molecule has 2 unspecified atom stereocenters. The fraction of sp³-hybridized carbons (Fsp3) is 0.600. The first-order valence-electron chi connectivity index (χ1n) is 9.19. The summed E-state index contributed by atoms with van der Waals surface area (Å²) in [6.07, 6.45) is 6.57. The molecular weight excluding hydrogens is 302 g/mol. The average molecular weight is 329 g/mol. The second-order valence-corrected chi connectivity index (χ2v) is 7.40. The molecule has 4 nitrogen and oxygen atoms in total. The molecule has 0 bridgehead atoms. The van der Waals surface area contributed by atoms with E-state index in [2.05, 4.69) is 12.1 Å². The number of hydrogen-bond donors (Lipinski definition) is 1. The summed E-state index contributed by atoms with van der Waals surface area (Å²) >= 11 is 0. The predicted octanol–water partition coefficient (Wildman–Crippen LogP) is 3.71. The van der Waals surface area contributed by atoms with Gasteiger partial charge in [0.1, 0.15) is 0 Å². The first-order chi connectivity index (χ1) is 11.6. The van der Waals surface area contributed by atoms with E-state index in [4.69, 9.17) is 0 Å². The lowest BCUT2D eigenvalue weighted by molar-refractivity contribution is -0.146. The number of rotatable bonds is 6. The molecule has 4 heteroatoms. The number of carbonyl (C=O) groups excluding carboxylic acids is 1. The Hall–Kier alpha value is -1.84. The minimum atomic E-state index is -0.749. The van der Waals surface area contributed by atoms with Gasteiger partial charge in [-0.2, -0.15) is 0 Å². The third-order valence-electron chi connectivity index (χ3n) is 5.60. The van der Waals surface area contributed by atoms with E-state index in [9.17, 15) is 14.7 Å². The molecule has 2 saturated carbocycles. The van der Waals surface area contributed by atoms with Crippen LogP contribution in [-0.4, -0.2) is 28.4 Å². The normalized spacial score (nSPS) is 24.2. The Kier molecular flexibility index (Phi) is 5.54. The SMILES string of the molecule is O=C(O)C1CCCC(C(=O)N(Cc2ccccc2)CC2CCC2)C1.